The summed E-state index contributed by atoms with van der Waals surface area (Å²) in [6.45, 7) is 0.537. The molecule has 0 aromatic heterocycles. The summed E-state index contributed by atoms with van der Waals surface area (Å²) in [6.07, 6.45) is 0.362. The van der Waals surface area contributed by atoms with Crippen molar-refractivity contribution in [2.24, 2.45) is 5.73 Å². The number of hydrogen-bond acceptors (Lipinski definition) is 4. The summed E-state index contributed by atoms with van der Waals surface area (Å²) in [4.78, 5) is 24.2. The second kappa shape index (κ2) is 9.07. The second-order valence-electron chi connectivity index (χ2n) is 4.63. The van der Waals surface area contributed by atoms with Crippen LogP contribution in [-0.4, -0.2) is 46.5 Å². The van der Waals surface area contributed by atoms with Crippen LogP contribution in [0.4, 0.5) is 0 Å². The van der Waals surface area contributed by atoms with Crippen molar-refractivity contribution >= 4 is 39.6 Å². The van der Waals surface area contributed by atoms with Gasteiger partial charge >= 0.3 is 5.97 Å². The van der Waals surface area contributed by atoms with Gasteiger partial charge in [-0.2, -0.15) is 11.8 Å². The number of amides is 1. The van der Waals surface area contributed by atoms with Gasteiger partial charge in [-0.15, -0.1) is 0 Å². The lowest BCUT2D eigenvalue weighted by Gasteiger charge is -2.18. The minimum Gasteiger partial charge on any atom is -0.480 e. The van der Waals surface area contributed by atoms with E-state index in [0.29, 0.717) is 24.5 Å². The largest absolute Gasteiger partial charge is 0.480 e. The average Bonchev–Trinajstić information content (AvgIpc) is 2.45. The molecule has 5 nitrogen and oxygen atoms in total. The topological polar surface area (TPSA) is 83.6 Å². The van der Waals surface area contributed by atoms with Crippen LogP contribution < -0.4 is 5.73 Å². The molecule has 0 spiro atoms. The molecule has 1 amide bonds. The molecule has 1 unspecified atom stereocenters. The van der Waals surface area contributed by atoms with Crippen LogP contribution in [0, 0.1) is 0 Å². The fraction of sp³-hybridized carbons (Fsp3) is 0.429. The smallest absolute Gasteiger partial charge is 0.320 e. The Balaban J connectivity index is 2.32. The van der Waals surface area contributed by atoms with Crippen LogP contribution in [0.25, 0.3) is 0 Å². The normalized spacial score (nSPS) is 12.0. The number of carboxylic acid groups (broad SMARTS) is 1. The quantitative estimate of drug-likeness (QED) is 0.679. The molecule has 21 heavy (non-hydrogen) atoms. The summed E-state index contributed by atoms with van der Waals surface area (Å²) in [6, 6.07) is 6.91. The van der Waals surface area contributed by atoms with E-state index in [1.54, 1.807) is 11.9 Å². The minimum atomic E-state index is -1.01. The van der Waals surface area contributed by atoms with Crippen LogP contribution in [0.3, 0.4) is 0 Å². The Morgan fingerprint density at radius 3 is 2.71 bits per heavy atom. The van der Waals surface area contributed by atoms with E-state index in [1.807, 2.05) is 24.3 Å². The zero-order valence-electron chi connectivity index (χ0n) is 11.8. The predicted octanol–water partition coefficient (Wildman–Crippen LogP) is 1.94. The first-order chi connectivity index (χ1) is 9.91. The number of thioether (sulfide) groups is 1. The number of hydrogen-bond donors (Lipinski definition) is 2. The Bertz CT molecular complexity index is 499. The van der Waals surface area contributed by atoms with Crippen LogP contribution >= 0.6 is 27.7 Å². The van der Waals surface area contributed by atoms with Crippen molar-refractivity contribution in [3.05, 3.63) is 34.3 Å². The van der Waals surface area contributed by atoms with Crippen molar-refractivity contribution in [2.45, 2.75) is 19.0 Å². The lowest BCUT2D eigenvalue weighted by molar-refractivity contribution is -0.138. The van der Waals surface area contributed by atoms with Crippen LogP contribution in [-0.2, 0) is 16.1 Å². The molecule has 0 bridgehead atoms. The molecule has 1 aromatic carbocycles. The van der Waals surface area contributed by atoms with E-state index in [1.165, 1.54) is 11.8 Å². The van der Waals surface area contributed by atoms with Gasteiger partial charge in [0.1, 0.15) is 6.04 Å². The molecule has 0 aliphatic heterocycles. The highest BCUT2D eigenvalue weighted by atomic mass is 79.9. The van der Waals surface area contributed by atoms with Crippen LogP contribution in [0.2, 0.25) is 0 Å². The molecule has 0 saturated heterocycles. The van der Waals surface area contributed by atoms with Gasteiger partial charge in [-0.3, -0.25) is 9.59 Å². The number of nitrogens with two attached hydrogens (primary N) is 1. The molecule has 116 valence electrons. The van der Waals surface area contributed by atoms with Gasteiger partial charge in [0.2, 0.25) is 5.91 Å². The molecule has 3 N–H and O–H groups in total. The predicted molar refractivity (Wildman–Crippen MR) is 88.2 cm³/mol. The molecule has 0 radical (unpaired) electrons. The number of rotatable bonds is 8. The number of nitrogens with zero attached hydrogens (tertiary/aromatic N) is 1. The zero-order chi connectivity index (χ0) is 15.8. The lowest BCUT2D eigenvalue weighted by Crippen LogP contribution is -2.31. The van der Waals surface area contributed by atoms with E-state index < -0.39 is 12.0 Å². The third kappa shape index (κ3) is 6.50. The van der Waals surface area contributed by atoms with E-state index in [9.17, 15) is 9.59 Å². The molecule has 1 aromatic rings. The number of benzene rings is 1. The van der Waals surface area contributed by atoms with Gasteiger partial charge in [-0.25, -0.2) is 0 Å². The van der Waals surface area contributed by atoms with Crippen molar-refractivity contribution in [3.63, 3.8) is 0 Å². The van der Waals surface area contributed by atoms with Crippen LogP contribution in [0.5, 0.6) is 0 Å². The molecule has 0 saturated carbocycles. The average molecular weight is 375 g/mol. The van der Waals surface area contributed by atoms with Gasteiger partial charge in [0.05, 0.1) is 5.75 Å². The molecular formula is C14H19BrN2O3S. The highest BCUT2D eigenvalue weighted by molar-refractivity contribution is 9.10. The lowest BCUT2D eigenvalue weighted by atomic mass is 10.2. The van der Waals surface area contributed by atoms with Gasteiger partial charge in [0.25, 0.3) is 0 Å². The summed E-state index contributed by atoms with van der Waals surface area (Å²) >= 11 is 4.86. The summed E-state index contributed by atoms with van der Waals surface area (Å²) in [5.41, 5.74) is 6.45. The number of carbonyl (C=O) groups is 2. The van der Waals surface area contributed by atoms with Crippen molar-refractivity contribution < 1.29 is 14.7 Å². The fourth-order valence-corrected chi connectivity index (χ4v) is 2.94. The molecule has 1 rings (SSSR count). The van der Waals surface area contributed by atoms with E-state index >= 15 is 0 Å². The molecular weight excluding hydrogens is 356 g/mol. The molecule has 0 aliphatic carbocycles. The van der Waals surface area contributed by atoms with Crippen molar-refractivity contribution in [3.8, 4) is 0 Å². The highest BCUT2D eigenvalue weighted by Gasteiger charge is 2.13. The Hall–Kier alpha value is -1.05. The van der Waals surface area contributed by atoms with Gasteiger partial charge in [0.15, 0.2) is 0 Å². The van der Waals surface area contributed by atoms with Crippen molar-refractivity contribution in [1.82, 2.24) is 4.90 Å². The van der Waals surface area contributed by atoms with Crippen LogP contribution in [0.15, 0.2) is 28.7 Å². The first-order valence-electron chi connectivity index (χ1n) is 6.45. The fourth-order valence-electron chi connectivity index (χ4n) is 1.57. The van der Waals surface area contributed by atoms with Crippen molar-refractivity contribution in [1.29, 1.82) is 0 Å². The Morgan fingerprint density at radius 2 is 2.10 bits per heavy atom. The number of carbonyl (C=O) groups excluding carboxylic acids is 1. The van der Waals surface area contributed by atoms with Gasteiger partial charge in [-0.05, 0) is 23.8 Å². The number of aliphatic carboxylic acids is 1. The first kappa shape index (κ1) is 18.0. The summed E-state index contributed by atoms with van der Waals surface area (Å²) < 4.78 is 0.977. The third-order valence-electron chi connectivity index (χ3n) is 2.91. The van der Waals surface area contributed by atoms with E-state index in [4.69, 9.17) is 10.8 Å². The zero-order valence-corrected chi connectivity index (χ0v) is 14.2. The minimum absolute atomic E-state index is 0.0136. The monoisotopic (exact) mass is 374 g/mol. The summed E-state index contributed by atoms with van der Waals surface area (Å²) in [7, 11) is 1.76. The number of carboxylic acids is 1. The summed E-state index contributed by atoms with van der Waals surface area (Å²) in [5, 5.41) is 8.65. The van der Waals surface area contributed by atoms with E-state index in [2.05, 4.69) is 15.9 Å². The van der Waals surface area contributed by atoms with Gasteiger partial charge in [-0.1, -0.05) is 34.1 Å². The SMILES string of the molecule is CN(Cc1ccccc1Br)C(=O)CSCCC(N)C(=O)O. The Kier molecular flexibility index (Phi) is 7.77. The molecule has 7 heteroatoms. The molecule has 1 atom stereocenters. The Labute approximate surface area is 137 Å². The van der Waals surface area contributed by atoms with E-state index in [-0.39, 0.29) is 5.91 Å². The Morgan fingerprint density at radius 1 is 1.43 bits per heavy atom. The van der Waals surface area contributed by atoms with Crippen LogP contribution in [0.1, 0.15) is 12.0 Å². The number of halogens is 1. The van der Waals surface area contributed by atoms with Gasteiger partial charge < -0.3 is 15.7 Å². The summed E-state index contributed by atoms with van der Waals surface area (Å²) in [5.74, 6) is -0.109. The van der Waals surface area contributed by atoms with Crippen molar-refractivity contribution in [2.75, 3.05) is 18.6 Å². The third-order valence-corrected chi connectivity index (χ3v) is 4.66. The van der Waals surface area contributed by atoms with Gasteiger partial charge in [0, 0.05) is 18.1 Å². The highest BCUT2D eigenvalue weighted by Crippen LogP contribution is 2.17. The first-order valence-corrected chi connectivity index (χ1v) is 8.40. The maximum Gasteiger partial charge on any atom is 0.320 e. The molecule has 0 fully saturated rings. The maximum absolute atomic E-state index is 12.0. The standard InChI is InChI=1S/C14H19BrN2O3S/c1-17(8-10-4-2-3-5-11(10)15)13(18)9-21-7-6-12(16)14(19)20/h2-5,12H,6-9,16H2,1H3,(H,19,20). The van der Waals surface area contributed by atoms with E-state index in [0.717, 1.165) is 10.0 Å². The molecule has 0 heterocycles. The molecule has 0 aliphatic rings. The second-order valence-corrected chi connectivity index (χ2v) is 6.59. The maximum atomic E-state index is 12.0.